The summed E-state index contributed by atoms with van der Waals surface area (Å²) in [5, 5.41) is 23.9. The monoisotopic (exact) mass is 311 g/mol. The molecule has 2 aromatic rings. The molecule has 7 nitrogen and oxygen atoms in total. The van der Waals surface area contributed by atoms with E-state index >= 15 is 0 Å². The predicted octanol–water partition coefficient (Wildman–Crippen LogP) is 2.24. The highest BCUT2D eigenvalue weighted by Crippen LogP contribution is 2.27. The topological polar surface area (TPSA) is 98.3 Å². The van der Waals surface area contributed by atoms with Gasteiger partial charge in [0.15, 0.2) is 0 Å². The fraction of sp³-hybridized carbons (Fsp3) is 0. The van der Waals surface area contributed by atoms with Crippen molar-refractivity contribution in [1.82, 2.24) is 9.78 Å². The van der Waals surface area contributed by atoms with Crippen LogP contribution in [0, 0.1) is 10.1 Å². The van der Waals surface area contributed by atoms with Gasteiger partial charge in [0.1, 0.15) is 11.3 Å². The third-order valence-corrected chi connectivity index (χ3v) is 2.64. The van der Waals surface area contributed by atoms with Gasteiger partial charge in [-0.05, 0) is 28.1 Å². The molecule has 18 heavy (non-hydrogen) atoms. The van der Waals surface area contributed by atoms with Gasteiger partial charge in [-0.25, -0.2) is 9.48 Å². The molecule has 0 spiro atoms. The van der Waals surface area contributed by atoms with Gasteiger partial charge < -0.3 is 5.11 Å². The molecule has 0 amide bonds. The minimum absolute atomic E-state index is 0.102. The molecule has 1 aromatic heterocycles. The number of nitro benzene ring substituents is 1. The van der Waals surface area contributed by atoms with E-state index in [1.54, 1.807) is 0 Å². The molecule has 1 heterocycles. The summed E-state index contributed by atoms with van der Waals surface area (Å²) in [5.74, 6) is -1.35. The molecule has 8 heteroatoms. The van der Waals surface area contributed by atoms with Gasteiger partial charge in [-0.15, -0.1) is 0 Å². The summed E-state index contributed by atoms with van der Waals surface area (Å²) in [4.78, 5) is 21.3. The second kappa shape index (κ2) is 4.57. The van der Waals surface area contributed by atoms with Crippen LogP contribution in [0.25, 0.3) is 5.69 Å². The Morgan fingerprint density at radius 2 is 2.22 bits per heavy atom. The van der Waals surface area contributed by atoms with E-state index < -0.39 is 16.6 Å². The molecule has 1 aromatic carbocycles. The lowest BCUT2D eigenvalue weighted by atomic mass is 10.1. The van der Waals surface area contributed by atoms with E-state index in [-0.39, 0.29) is 11.3 Å². The van der Waals surface area contributed by atoms with E-state index in [4.69, 9.17) is 5.11 Å². The van der Waals surface area contributed by atoms with E-state index in [0.29, 0.717) is 4.47 Å². The highest BCUT2D eigenvalue weighted by molar-refractivity contribution is 9.10. The van der Waals surface area contributed by atoms with Crippen molar-refractivity contribution in [2.75, 3.05) is 0 Å². The Labute approximate surface area is 109 Å². The van der Waals surface area contributed by atoms with Crippen molar-refractivity contribution in [3.8, 4) is 5.69 Å². The third-order valence-electron chi connectivity index (χ3n) is 2.23. The standard InChI is InChI=1S/C10H6BrN3O4/c11-6-4-12-13(5-6)8-3-1-2-7(10(15)16)9(8)14(17)18/h1-5H,(H,15,16). The van der Waals surface area contributed by atoms with Crippen LogP contribution in [0.5, 0.6) is 0 Å². The van der Waals surface area contributed by atoms with Crippen molar-refractivity contribution < 1.29 is 14.8 Å². The SMILES string of the molecule is O=C(O)c1cccc(-n2cc(Br)cn2)c1[N+](=O)[O-]. The average molecular weight is 312 g/mol. The van der Waals surface area contributed by atoms with E-state index in [0.717, 1.165) is 0 Å². The van der Waals surface area contributed by atoms with Gasteiger partial charge in [-0.2, -0.15) is 5.10 Å². The first-order chi connectivity index (χ1) is 8.50. The molecular weight excluding hydrogens is 306 g/mol. The number of carboxylic acids is 1. The molecule has 0 aliphatic rings. The number of halogens is 1. The Morgan fingerprint density at radius 1 is 1.50 bits per heavy atom. The Morgan fingerprint density at radius 3 is 2.72 bits per heavy atom. The van der Waals surface area contributed by atoms with E-state index in [9.17, 15) is 14.9 Å². The van der Waals surface area contributed by atoms with E-state index in [1.165, 1.54) is 35.3 Å². The minimum atomic E-state index is -1.35. The van der Waals surface area contributed by atoms with E-state index in [2.05, 4.69) is 21.0 Å². The largest absolute Gasteiger partial charge is 0.477 e. The molecule has 0 aliphatic heterocycles. The van der Waals surface area contributed by atoms with Crippen molar-refractivity contribution in [2.24, 2.45) is 0 Å². The summed E-state index contributed by atoms with van der Waals surface area (Å²) in [6.07, 6.45) is 2.96. The predicted molar refractivity (Wildman–Crippen MR) is 64.9 cm³/mol. The Balaban J connectivity index is 2.71. The maximum Gasteiger partial charge on any atom is 0.342 e. The molecule has 0 saturated heterocycles. The van der Waals surface area contributed by atoms with Crippen molar-refractivity contribution in [2.45, 2.75) is 0 Å². The van der Waals surface area contributed by atoms with Gasteiger partial charge in [-0.1, -0.05) is 6.07 Å². The van der Waals surface area contributed by atoms with Crippen LogP contribution in [0.15, 0.2) is 35.1 Å². The number of carbonyl (C=O) groups is 1. The zero-order chi connectivity index (χ0) is 13.3. The lowest BCUT2D eigenvalue weighted by Crippen LogP contribution is -2.07. The molecular formula is C10H6BrN3O4. The summed E-state index contributed by atoms with van der Waals surface area (Å²) in [6, 6.07) is 4.05. The highest BCUT2D eigenvalue weighted by atomic mass is 79.9. The van der Waals surface area contributed by atoms with Gasteiger partial charge in [0.2, 0.25) is 0 Å². The van der Waals surface area contributed by atoms with Gasteiger partial charge in [0, 0.05) is 6.20 Å². The fourth-order valence-electron chi connectivity index (χ4n) is 1.51. The summed E-state index contributed by atoms with van der Waals surface area (Å²) in [7, 11) is 0. The smallest absolute Gasteiger partial charge is 0.342 e. The Bertz CT molecular complexity index is 638. The first-order valence-electron chi connectivity index (χ1n) is 4.72. The zero-order valence-corrected chi connectivity index (χ0v) is 10.4. The first-order valence-corrected chi connectivity index (χ1v) is 5.51. The molecule has 0 atom stereocenters. The van der Waals surface area contributed by atoms with Crippen molar-refractivity contribution >= 4 is 27.6 Å². The number of nitrogens with zero attached hydrogens (tertiary/aromatic N) is 3. The molecule has 0 radical (unpaired) electrons. The Hall–Kier alpha value is -2.22. The normalized spacial score (nSPS) is 10.3. The number of nitro groups is 1. The summed E-state index contributed by atoms with van der Waals surface area (Å²) >= 11 is 3.17. The molecule has 0 bridgehead atoms. The summed E-state index contributed by atoms with van der Waals surface area (Å²) in [6.45, 7) is 0. The van der Waals surface area contributed by atoms with Crippen LogP contribution in [0.1, 0.15) is 10.4 Å². The average Bonchev–Trinajstić information content (AvgIpc) is 2.74. The molecule has 92 valence electrons. The molecule has 0 saturated carbocycles. The van der Waals surface area contributed by atoms with Crippen LogP contribution in [0.2, 0.25) is 0 Å². The molecule has 1 N–H and O–H groups in total. The fourth-order valence-corrected chi connectivity index (χ4v) is 1.80. The van der Waals surface area contributed by atoms with Crippen LogP contribution in [-0.2, 0) is 0 Å². The zero-order valence-electron chi connectivity index (χ0n) is 8.78. The number of hydrogen-bond donors (Lipinski definition) is 1. The number of para-hydroxylation sites is 1. The highest BCUT2D eigenvalue weighted by Gasteiger charge is 2.25. The number of aromatic carboxylic acids is 1. The lowest BCUT2D eigenvalue weighted by Gasteiger charge is -2.04. The number of hydrogen-bond acceptors (Lipinski definition) is 4. The van der Waals surface area contributed by atoms with Crippen LogP contribution in [-0.4, -0.2) is 25.8 Å². The van der Waals surface area contributed by atoms with E-state index in [1.807, 2.05) is 0 Å². The lowest BCUT2D eigenvalue weighted by molar-refractivity contribution is -0.385. The summed E-state index contributed by atoms with van der Waals surface area (Å²) in [5.41, 5.74) is -0.754. The quantitative estimate of drug-likeness (QED) is 0.692. The number of carboxylic acid groups (broad SMARTS) is 1. The molecule has 0 fully saturated rings. The number of rotatable bonds is 3. The van der Waals surface area contributed by atoms with Gasteiger partial charge in [0.05, 0.1) is 15.6 Å². The number of aromatic nitrogens is 2. The third kappa shape index (κ3) is 2.09. The van der Waals surface area contributed by atoms with Crippen LogP contribution < -0.4 is 0 Å². The van der Waals surface area contributed by atoms with Gasteiger partial charge in [0.25, 0.3) is 0 Å². The van der Waals surface area contributed by atoms with Crippen LogP contribution in [0.4, 0.5) is 5.69 Å². The van der Waals surface area contributed by atoms with Crippen molar-refractivity contribution in [1.29, 1.82) is 0 Å². The van der Waals surface area contributed by atoms with Crippen LogP contribution in [0.3, 0.4) is 0 Å². The maximum atomic E-state index is 11.0. The molecule has 0 unspecified atom stereocenters. The number of benzene rings is 1. The maximum absolute atomic E-state index is 11.0. The van der Waals surface area contributed by atoms with Gasteiger partial charge >= 0.3 is 11.7 Å². The van der Waals surface area contributed by atoms with Gasteiger partial charge in [-0.3, -0.25) is 10.1 Å². The summed E-state index contributed by atoms with van der Waals surface area (Å²) < 4.78 is 1.88. The second-order valence-corrected chi connectivity index (χ2v) is 4.25. The first kappa shape index (κ1) is 12.2. The molecule has 2 rings (SSSR count). The minimum Gasteiger partial charge on any atom is -0.477 e. The Kier molecular flexibility index (Phi) is 3.11. The van der Waals surface area contributed by atoms with Crippen molar-refractivity contribution in [3.05, 3.63) is 50.7 Å². The van der Waals surface area contributed by atoms with Crippen LogP contribution >= 0.6 is 15.9 Å². The van der Waals surface area contributed by atoms with Crippen molar-refractivity contribution in [3.63, 3.8) is 0 Å². The second-order valence-electron chi connectivity index (χ2n) is 3.34. The molecule has 0 aliphatic carbocycles.